The summed E-state index contributed by atoms with van der Waals surface area (Å²) in [5, 5.41) is 0. The van der Waals surface area contributed by atoms with Crippen molar-refractivity contribution in [3.63, 3.8) is 0 Å². The van der Waals surface area contributed by atoms with E-state index in [0.717, 1.165) is 25.9 Å². The Bertz CT molecular complexity index is 822. The lowest BCUT2D eigenvalue weighted by Gasteiger charge is -2.31. The van der Waals surface area contributed by atoms with Gasteiger partial charge in [-0.05, 0) is 55.5 Å². The van der Waals surface area contributed by atoms with Gasteiger partial charge in [-0.1, -0.05) is 0 Å². The van der Waals surface area contributed by atoms with E-state index in [0.29, 0.717) is 18.1 Å². The fourth-order valence-corrected chi connectivity index (χ4v) is 4.09. The molecule has 134 valence electrons. The molecule has 0 bridgehead atoms. The molecular weight excluding hydrogens is 343 g/mol. The van der Waals surface area contributed by atoms with Crippen LogP contribution in [0.15, 0.2) is 41.6 Å². The molecule has 8 heteroatoms. The molecule has 1 fully saturated rings. The minimum absolute atomic E-state index is 0.0986. The number of aryl methyl sites for hydroxylation is 1. The van der Waals surface area contributed by atoms with E-state index in [4.69, 9.17) is 0 Å². The van der Waals surface area contributed by atoms with Crippen molar-refractivity contribution in [2.75, 3.05) is 24.5 Å². The Labute approximate surface area is 147 Å². The van der Waals surface area contributed by atoms with Crippen molar-refractivity contribution in [1.82, 2.24) is 14.7 Å². The van der Waals surface area contributed by atoms with E-state index in [1.807, 2.05) is 0 Å². The zero-order valence-electron chi connectivity index (χ0n) is 14.0. The Balaban J connectivity index is 1.55. The highest BCUT2D eigenvalue weighted by atomic mass is 32.2. The van der Waals surface area contributed by atoms with Crippen molar-refractivity contribution in [2.24, 2.45) is 5.92 Å². The summed E-state index contributed by atoms with van der Waals surface area (Å²) in [7, 11) is -3.62. The van der Waals surface area contributed by atoms with Crippen molar-refractivity contribution in [3.05, 3.63) is 48.0 Å². The summed E-state index contributed by atoms with van der Waals surface area (Å²) in [6.07, 6.45) is 5.16. The molecule has 0 amide bonds. The lowest BCUT2D eigenvalue weighted by atomic mass is 9.97. The first kappa shape index (κ1) is 17.8. The standard InChI is InChI=1S/C17H21FN4O2S/c1-13-11-15(3-4-16(13)18)25(23,24)21-12-14-5-9-22(10-6-14)17-19-7-2-8-20-17/h2-4,7-8,11,14,21H,5-6,9-10,12H2,1H3. The van der Waals surface area contributed by atoms with Gasteiger partial charge in [0.15, 0.2) is 0 Å². The maximum absolute atomic E-state index is 13.3. The number of hydrogen-bond donors (Lipinski definition) is 1. The first-order valence-electron chi connectivity index (χ1n) is 8.23. The van der Waals surface area contributed by atoms with E-state index in [1.54, 1.807) is 25.4 Å². The maximum atomic E-state index is 13.3. The van der Waals surface area contributed by atoms with E-state index in [1.165, 1.54) is 18.2 Å². The van der Waals surface area contributed by atoms with Crippen LogP contribution in [0.2, 0.25) is 0 Å². The summed E-state index contributed by atoms with van der Waals surface area (Å²) >= 11 is 0. The van der Waals surface area contributed by atoms with Gasteiger partial charge in [0.25, 0.3) is 0 Å². The lowest BCUT2D eigenvalue weighted by Crippen LogP contribution is -2.39. The molecule has 1 aromatic heterocycles. The SMILES string of the molecule is Cc1cc(S(=O)(=O)NCC2CCN(c3ncccn3)CC2)ccc1F. The molecule has 0 atom stereocenters. The van der Waals surface area contributed by atoms with Crippen LogP contribution in [0.25, 0.3) is 0 Å². The number of rotatable bonds is 5. The number of nitrogens with zero attached hydrogens (tertiary/aromatic N) is 3. The Morgan fingerprint density at radius 1 is 1.24 bits per heavy atom. The zero-order valence-corrected chi connectivity index (χ0v) is 14.8. The molecule has 2 aromatic rings. The van der Waals surface area contributed by atoms with Gasteiger partial charge in [0, 0.05) is 32.0 Å². The molecule has 1 saturated heterocycles. The van der Waals surface area contributed by atoms with E-state index >= 15 is 0 Å². The Morgan fingerprint density at radius 2 is 1.92 bits per heavy atom. The Morgan fingerprint density at radius 3 is 2.56 bits per heavy atom. The van der Waals surface area contributed by atoms with Crippen LogP contribution in [0.3, 0.4) is 0 Å². The third-order valence-electron chi connectivity index (χ3n) is 4.45. The summed E-state index contributed by atoms with van der Waals surface area (Å²) in [6.45, 7) is 3.52. The van der Waals surface area contributed by atoms with Crippen LogP contribution in [0.1, 0.15) is 18.4 Å². The normalized spacial score (nSPS) is 16.2. The van der Waals surface area contributed by atoms with Crippen LogP contribution in [-0.2, 0) is 10.0 Å². The molecule has 0 spiro atoms. The molecule has 1 N–H and O–H groups in total. The van der Waals surface area contributed by atoms with Gasteiger partial charge >= 0.3 is 0 Å². The van der Waals surface area contributed by atoms with Crippen LogP contribution >= 0.6 is 0 Å². The molecule has 0 radical (unpaired) electrons. The summed E-state index contributed by atoms with van der Waals surface area (Å²) in [5.41, 5.74) is 0.319. The summed E-state index contributed by atoms with van der Waals surface area (Å²) < 4.78 is 40.7. The second-order valence-electron chi connectivity index (χ2n) is 6.24. The molecule has 2 heterocycles. The minimum atomic E-state index is -3.62. The predicted molar refractivity (Wildman–Crippen MR) is 93.3 cm³/mol. The number of sulfonamides is 1. The number of piperidine rings is 1. The number of nitrogens with one attached hydrogen (secondary N) is 1. The minimum Gasteiger partial charge on any atom is -0.341 e. The van der Waals surface area contributed by atoms with Gasteiger partial charge in [0.2, 0.25) is 16.0 Å². The van der Waals surface area contributed by atoms with Crippen LogP contribution in [0, 0.1) is 18.7 Å². The molecule has 0 unspecified atom stereocenters. The van der Waals surface area contributed by atoms with Crippen LogP contribution in [0.5, 0.6) is 0 Å². The van der Waals surface area contributed by atoms with E-state index < -0.39 is 15.8 Å². The number of halogens is 1. The van der Waals surface area contributed by atoms with E-state index in [9.17, 15) is 12.8 Å². The molecule has 1 aromatic carbocycles. The first-order chi connectivity index (χ1) is 12.0. The van der Waals surface area contributed by atoms with Crippen LogP contribution in [0.4, 0.5) is 10.3 Å². The van der Waals surface area contributed by atoms with Crippen LogP contribution < -0.4 is 9.62 Å². The molecule has 0 aliphatic carbocycles. The second-order valence-corrected chi connectivity index (χ2v) is 8.01. The highest BCUT2D eigenvalue weighted by Gasteiger charge is 2.23. The zero-order chi connectivity index (χ0) is 17.9. The molecule has 1 aliphatic rings. The van der Waals surface area contributed by atoms with E-state index in [2.05, 4.69) is 19.6 Å². The van der Waals surface area contributed by atoms with Crippen molar-refractivity contribution in [2.45, 2.75) is 24.7 Å². The largest absolute Gasteiger partial charge is 0.341 e. The maximum Gasteiger partial charge on any atom is 0.240 e. The second kappa shape index (κ2) is 7.45. The molecular formula is C17H21FN4O2S. The molecule has 25 heavy (non-hydrogen) atoms. The van der Waals surface area contributed by atoms with Crippen molar-refractivity contribution < 1.29 is 12.8 Å². The third-order valence-corrected chi connectivity index (χ3v) is 5.87. The van der Waals surface area contributed by atoms with Crippen molar-refractivity contribution >= 4 is 16.0 Å². The smallest absolute Gasteiger partial charge is 0.240 e. The highest BCUT2D eigenvalue weighted by molar-refractivity contribution is 7.89. The van der Waals surface area contributed by atoms with Gasteiger partial charge < -0.3 is 4.90 Å². The fourth-order valence-electron chi connectivity index (χ4n) is 2.89. The number of aromatic nitrogens is 2. The summed E-state index contributed by atoms with van der Waals surface area (Å²) in [4.78, 5) is 10.7. The third kappa shape index (κ3) is 4.32. The summed E-state index contributed by atoms with van der Waals surface area (Å²) in [6, 6.07) is 5.61. The molecule has 6 nitrogen and oxygen atoms in total. The van der Waals surface area contributed by atoms with Gasteiger partial charge in [-0.3, -0.25) is 0 Å². The van der Waals surface area contributed by atoms with Gasteiger partial charge in [-0.2, -0.15) is 0 Å². The van der Waals surface area contributed by atoms with Crippen molar-refractivity contribution in [3.8, 4) is 0 Å². The van der Waals surface area contributed by atoms with Crippen molar-refractivity contribution in [1.29, 1.82) is 0 Å². The van der Waals surface area contributed by atoms with Gasteiger partial charge in [0.1, 0.15) is 5.82 Å². The molecule has 1 aliphatic heterocycles. The van der Waals surface area contributed by atoms with Gasteiger partial charge in [-0.25, -0.2) is 27.5 Å². The average Bonchev–Trinajstić information content (AvgIpc) is 2.63. The van der Waals surface area contributed by atoms with Gasteiger partial charge in [0.05, 0.1) is 4.90 Å². The highest BCUT2D eigenvalue weighted by Crippen LogP contribution is 2.21. The summed E-state index contributed by atoms with van der Waals surface area (Å²) in [5.74, 6) is 0.564. The number of anilines is 1. The van der Waals surface area contributed by atoms with Gasteiger partial charge in [-0.15, -0.1) is 0 Å². The lowest BCUT2D eigenvalue weighted by molar-refractivity contribution is 0.399. The molecule has 0 saturated carbocycles. The average molecular weight is 364 g/mol. The predicted octanol–water partition coefficient (Wildman–Crippen LogP) is 2.12. The quantitative estimate of drug-likeness (QED) is 0.880. The van der Waals surface area contributed by atoms with Crippen LogP contribution in [-0.4, -0.2) is 38.0 Å². The van der Waals surface area contributed by atoms with E-state index in [-0.39, 0.29) is 10.8 Å². The Hall–Kier alpha value is -2.06. The number of benzene rings is 1. The topological polar surface area (TPSA) is 75.2 Å². The Kier molecular flexibility index (Phi) is 5.29. The number of hydrogen-bond acceptors (Lipinski definition) is 5. The fraction of sp³-hybridized carbons (Fsp3) is 0.412. The first-order valence-corrected chi connectivity index (χ1v) is 9.72. The monoisotopic (exact) mass is 364 g/mol. The molecule has 3 rings (SSSR count).